The van der Waals surface area contributed by atoms with E-state index >= 15 is 0 Å². The Bertz CT molecular complexity index is 1820. The smallest absolute Gasteiger partial charge is 0.311 e. The van der Waals surface area contributed by atoms with E-state index < -0.39 is 40.2 Å². The van der Waals surface area contributed by atoms with Crippen LogP contribution in [-0.4, -0.2) is 266 Å². The number of quaternary nitrogens is 4. The van der Waals surface area contributed by atoms with Crippen LogP contribution < -0.4 is 0 Å². The molecule has 95 heavy (non-hydrogen) atoms. The van der Waals surface area contributed by atoms with Gasteiger partial charge in [-0.15, -0.1) is 0 Å². The predicted octanol–water partition coefficient (Wildman–Crippen LogP) is 10.7. The monoisotopic (exact) mass is 1370 g/mol. The van der Waals surface area contributed by atoms with Crippen molar-refractivity contribution in [1.82, 2.24) is 14.7 Å². The molecule has 0 rings (SSSR count). The number of likely N-dealkylation sites (N-methyl/N-ethyl adjacent to an activating group) is 7. The fraction of sp³-hybridized carbons (Fsp3) is 0.900. The van der Waals surface area contributed by atoms with Gasteiger partial charge >= 0.3 is 41.8 Å². The Labute approximate surface area is 579 Å². The van der Waals surface area contributed by atoms with Crippen molar-refractivity contribution in [1.29, 1.82) is 0 Å². The van der Waals surface area contributed by atoms with Gasteiger partial charge < -0.3 is 87.3 Å². The van der Waals surface area contributed by atoms with Crippen molar-refractivity contribution in [2.45, 2.75) is 190 Å². The van der Waals surface area contributed by atoms with Gasteiger partial charge in [-0.25, -0.2) is 0 Å². The van der Waals surface area contributed by atoms with E-state index in [0.29, 0.717) is 46.0 Å². The Balaban J connectivity index is -0.000000190. The summed E-state index contributed by atoms with van der Waals surface area (Å²) in [4.78, 5) is 86.1. The molecule has 0 aliphatic heterocycles. The molecule has 0 aliphatic carbocycles. The number of carbonyl (C=O) groups excluding carboxylic acids is 7. The molecule has 0 heterocycles. The summed E-state index contributed by atoms with van der Waals surface area (Å²) in [6, 6.07) is 0. The summed E-state index contributed by atoms with van der Waals surface area (Å²) < 4.78 is 33.7. The van der Waals surface area contributed by atoms with Gasteiger partial charge in [0.05, 0.1) is 94.3 Å². The lowest BCUT2D eigenvalue weighted by atomic mass is 9.91. The molecule has 0 radical (unpaired) electrons. The Morgan fingerprint density at radius 3 is 0.442 bits per heavy atom. The number of ether oxygens (including phenoxy) is 7. The normalized spacial score (nSPS) is 12.4. The van der Waals surface area contributed by atoms with Crippen molar-refractivity contribution >= 4 is 41.8 Å². The number of hydrogen-bond donors (Lipinski definition) is 0. The zero-order valence-corrected chi connectivity index (χ0v) is 67.3. The molecule has 0 N–H and O–H groups in total. The summed E-state index contributed by atoms with van der Waals surface area (Å²) >= 11 is 0. The molecule has 0 aromatic carbocycles. The summed E-state index contributed by atoms with van der Waals surface area (Å²) in [6.45, 7) is 45.7. The van der Waals surface area contributed by atoms with E-state index in [2.05, 4.69) is 0 Å². The van der Waals surface area contributed by atoms with Crippen molar-refractivity contribution in [2.24, 2.45) is 37.9 Å². The second-order valence-electron chi connectivity index (χ2n) is 31.2. The van der Waals surface area contributed by atoms with Crippen LogP contribution in [0.1, 0.15) is 190 Å². The average molecular weight is 1370 g/mol. The van der Waals surface area contributed by atoms with E-state index in [-0.39, 0.29) is 84.5 Å². The fourth-order valence-corrected chi connectivity index (χ4v) is 4.77. The molecular weight excluding hydrogens is 1230 g/mol. The zero-order chi connectivity index (χ0) is 77.1. The molecular formula is C70H147N7O18. The first-order valence-electron chi connectivity index (χ1n) is 33.8. The topological polar surface area (TPSA) is 286 Å². The van der Waals surface area contributed by atoms with Crippen molar-refractivity contribution in [3.63, 3.8) is 0 Å². The molecule has 0 fully saturated rings. The first-order valence-corrected chi connectivity index (χ1v) is 33.8. The number of nitrogens with zero attached hydrogens (tertiary/aromatic N) is 7. The SMILES string of the molecule is CCC(C)(C)C(=O)OCCN(C)C.CCC(C)(C)C(=O)OCCN(C)C.CCC(C)(C)C(=O)OCCN(C)C.CCC(C)(C)C(=O)OCC[N+](C)(C)[O-].CCC(C)(C)C(=O)OCC[N+](C)(C)[O-].CCC(C)(C)C(=O)OCC[N+](C)(C)[O-].CCC(C)(C)C(=O)OCC[N+](C)(C)[O-]. The van der Waals surface area contributed by atoms with Gasteiger partial charge in [0.25, 0.3) is 0 Å². The number of carbonyl (C=O) groups is 7. The maximum absolute atomic E-state index is 11.5. The van der Waals surface area contributed by atoms with Crippen molar-refractivity contribution < 1.29 is 85.3 Å². The molecule has 0 atom stereocenters. The minimum Gasteiger partial charge on any atom is -0.633 e. The van der Waals surface area contributed by atoms with E-state index in [4.69, 9.17) is 33.2 Å². The summed E-state index contributed by atoms with van der Waals surface area (Å²) in [5, 5.41) is 44.6. The number of esters is 7. The lowest BCUT2D eigenvalue weighted by Gasteiger charge is -2.33. The average Bonchev–Trinajstić information content (AvgIpc) is 1.22. The van der Waals surface area contributed by atoms with Crippen LogP contribution in [0.25, 0.3) is 0 Å². The lowest BCUT2D eigenvalue weighted by Crippen LogP contribution is -2.37. The van der Waals surface area contributed by atoms with Gasteiger partial charge in [-0.1, -0.05) is 48.5 Å². The molecule has 0 saturated carbocycles. The van der Waals surface area contributed by atoms with Crippen LogP contribution in [0.5, 0.6) is 0 Å². The van der Waals surface area contributed by atoms with Gasteiger partial charge in [0.2, 0.25) is 0 Å². The molecule has 0 aliphatic rings. The van der Waals surface area contributed by atoms with Crippen LogP contribution in [0.2, 0.25) is 0 Å². The number of rotatable bonds is 35. The van der Waals surface area contributed by atoms with E-state index in [1.54, 1.807) is 0 Å². The second kappa shape index (κ2) is 49.4. The van der Waals surface area contributed by atoms with Crippen molar-refractivity contribution in [3.05, 3.63) is 20.8 Å². The third-order valence-electron chi connectivity index (χ3n) is 15.8. The Morgan fingerprint density at radius 2 is 0.358 bits per heavy atom. The minimum absolute atomic E-state index is 0.100. The van der Waals surface area contributed by atoms with Crippen molar-refractivity contribution in [2.75, 3.05) is 191 Å². The molecule has 0 spiro atoms. The Hall–Kier alpha value is -4.15. The van der Waals surface area contributed by atoms with Crippen LogP contribution in [-0.2, 0) is 66.7 Å². The molecule has 0 aromatic rings. The highest BCUT2D eigenvalue weighted by Crippen LogP contribution is 2.26. The molecule has 0 amide bonds. The maximum atomic E-state index is 11.5. The van der Waals surface area contributed by atoms with Crippen LogP contribution in [0.15, 0.2) is 0 Å². The van der Waals surface area contributed by atoms with Crippen LogP contribution in [0.4, 0.5) is 0 Å². The molecule has 570 valence electrons. The van der Waals surface area contributed by atoms with Crippen LogP contribution in [0.3, 0.4) is 0 Å². The summed E-state index contributed by atoms with van der Waals surface area (Å²) in [7, 11) is 24.0. The summed E-state index contributed by atoms with van der Waals surface area (Å²) in [5.41, 5.74) is -2.80. The predicted molar refractivity (Wildman–Crippen MR) is 382 cm³/mol. The second-order valence-corrected chi connectivity index (χ2v) is 31.2. The van der Waals surface area contributed by atoms with Crippen LogP contribution in [0, 0.1) is 58.7 Å². The molecule has 0 unspecified atom stereocenters. The zero-order valence-electron chi connectivity index (χ0n) is 67.3. The maximum Gasteiger partial charge on any atom is 0.311 e. The standard InChI is InChI=1S/4C10H21NO3.3C10H21NO2/c4*1-6-10(2,3)9(12)14-8-7-11(4,5)13;3*1-6-10(2,3)9(12)13-8-7-11(4)5/h4*6-8H2,1-5H3;3*6-8H2,1-5H3. The Kier molecular flexibility index (Phi) is 54.2. The largest absolute Gasteiger partial charge is 0.633 e. The van der Waals surface area contributed by atoms with Gasteiger partial charge in [-0.3, -0.25) is 33.6 Å². The molecule has 0 aromatic heterocycles. The quantitative estimate of drug-likeness (QED) is 0.0247. The third-order valence-corrected chi connectivity index (χ3v) is 15.8. The van der Waals surface area contributed by atoms with Gasteiger partial charge in [0.15, 0.2) is 0 Å². The molecule has 25 heteroatoms. The summed E-state index contributed by atoms with van der Waals surface area (Å²) in [6.07, 6.45) is 5.39. The first-order chi connectivity index (χ1) is 42.4. The lowest BCUT2D eigenvalue weighted by molar-refractivity contribution is -0.840. The van der Waals surface area contributed by atoms with E-state index in [1.807, 2.05) is 202 Å². The van der Waals surface area contributed by atoms with Crippen LogP contribution >= 0.6 is 0 Å². The van der Waals surface area contributed by atoms with E-state index in [0.717, 1.165) is 64.6 Å². The number of hydroxylamine groups is 12. The molecule has 25 nitrogen and oxygen atoms in total. The molecule has 0 bridgehead atoms. The number of hydrogen-bond acceptors (Lipinski definition) is 21. The third kappa shape index (κ3) is 63.1. The van der Waals surface area contributed by atoms with Gasteiger partial charge in [-0.05, 0) is 184 Å². The van der Waals surface area contributed by atoms with Gasteiger partial charge in [-0.2, -0.15) is 0 Å². The van der Waals surface area contributed by atoms with Gasteiger partial charge in [0, 0.05) is 19.6 Å². The minimum atomic E-state index is -0.444. The van der Waals surface area contributed by atoms with E-state index in [1.165, 1.54) is 56.4 Å². The van der Waals surface area contributed by atoms with E-state index in [9.17, 15) is 54.4 Å². The highest BCUT2D eigenvalue weighted by Gasteiger charge is 2.32. The Morgan fingerprint density at radius 1 is 0.253 bits per heavy atom. The highest BCUT2D eigenvalue weighted by molar-refractivity contribution is 5.78. The van der Waals surface area contributed by atoms with Crippen molar-refractivity contribution in [3.8, 4) is 0 Å². The first kappa shape index (κ1) is 104. The highest BCUT2D eigenvalue weighted by atomic mass is 16.6. The molecule has 0 saturated heterocycles. The van der Waals surface area contributed by atoms with Gasteiger partial charge in [0.1, 0.15) is 72.4 Å². The fourth-order valence-electron chi connectivity index (χ4n) is 4.77. The summed E-state index contributed by atoms with van der Waals surface area (Å²) in [5.74, 6) is -1.21.